The van der Waals surface area contributed by atoms with Crippen molar-refractivity contribution in [1.82, 2.24) is 0 Å². The minimum Gasteiger partial charge on any atom is -0.294 e. The number of hydrogen-bond donors (Lipinski definition) is 0. The summed E-state index contributed by atoms with van der Waals surface area (Å²) in [6, 6.07) is 16.6. The molecule has 1 unspecified atom stereocenters. The molecular formula is C22H23NO3. The van der Waals surface area contributed by atoms with Crippen molar-refractivity contribution in [3.63, 3.8) is 0 Å². The number of carbonyl (C=O) groups excluding carboxylic acids is 1. The summed E-state index contributed by atoms with van der Waals surface area (Å²) in [5.41, 5.74) is 2.96. The van der Waals surface area contributed by atoms with Gasteiger partial charge in [-0.25, -0.2) is 0 Å². The molecule has 3 rings (SSSR count). The highest BCUT2D eigenvalue weighted by atomic mass is 16.6. The Kier molecular flexibility index (Phi) is 5.95. The third-order valence-corrected chi connectivity index (χ3v) is 4.96. The second-order valence-corrected chi connectivity index (χ2v) is 6.87. The molecule has 1 aliphatic carbocycles. The summed E-state index contributed by atoms with van der Waals surface area (Å²) in [5, 5.41) is 10.8. The monoisotopic (exact) mass is 349 g/mol. The van der Waals surface area contributed by atoms with Crippen LogP contribution in [0.15, 0.2) is 60.2 Å². The van der Waals surface area contributed by atoms with E-state index in [9.17, 15) is 14.9 Å². The lowest BCUT2D eigenvalue weighted by Gasteiger charge is -2.21. The molecule has 1 atom stereocenters. The molecule has 0 saturated heterocycles. The van der Waals surface area contributed by atoms with Crippen LogP contribution >= 0.6 is 0 Å². The minimum atomic E-state index is -0.409. The molecule has 0 radical (unpaired) electrons. The van der Waals surface area contributed by atoms with E-state index in [1.807, 2.05) is 24.3 Å². The second kappa shape index (κ2) is 8.56. The molecule has 0 aromatic heterocycles. The third-order valence-electron chi connectivity index (χ3n) is 4.96. The number of nitrogens with zero attached hydrogens (tertiary/aromatic N) is 1. The molecule has 4 heteroatoms. The zero-order valence-corrected chi connectivity index (χ0v) is 14.8. The molecule has 0 amide bonds. The summed E-state index contributed by atoms with van der Waals surface area (Å²) in [6.45, 7) is 0. The Hall–Kier alpha value is -2.75. The van der Waals surface area contributed by atoms with E-state index in [-0.39, 0.29) is 17.4 Å². The van der Waals surface area contributed by atoms with Crippen LogP contribution in [-0.2, 0) is 11.2 Å². The van der Waals surface area contributed by atoms with Crippen LogP contribution in [0.2, 0.25) is 0 Å². The molecule has 0 N–H and O–H groups in total. The van der Waals surface area contributed by atoms with Crippen LogP contribution in [0.3, 0.4) is 0 Å². The normalized spacial score (nSPS) is 19.8. The molecule has 0 bridgehead atoms. The zero-order chi connectivity index (χ0) is 18.4. The summed E-state index contributed by atoms with van der Waals surface area (Å²) in [6.07, 6.45) is 7.63. The lowest BCUT2D eigenvalue weighted by atomic mass is 9.82. The van der Waals surface area contributed by atoms with Crippen molar-refractivity contribution >= 4 is 17.5 Å². The van der Waals surface area contributed by atoms with Gasteiger partial charge in [-0.2, -0.15) is 0 Å². The number of Topliss-reactive ketones (excluding diaryl/α,β-unsaturated/α-hetero) is 1. The SMILES string of the molecule is O=C1C(=Cc2ccc([N+](=O)[O-])cc2)CCCCCC1Cc1ccccc1. The first kappa shape index (κ1) is 18.1. The predicted octanol–water partition coefficient (Wildman–Crippen LogP) is 5.37. The van der Waals surface area contributed by atoms with E-state index in [0.29, 0.717) is 0 Å². The molecular weight excluding hydrogens is 326 g/mol. The van der Waals surface area contributed by atoms with Crippen molar-refractivity contribution in [2.24, 2.45) is 5.92 Å². The van der Waals surface area contributed by atoms with Crippen molar-refractivity contribution in [1.29, 1.82) is 0 Å². The summed E-state index contributed by atoms with van der Waals surface area (Å²) < 4.78 is 0. The highest BCUT2D eigenvalue weighted by molar-refractivity contribution is 6.01. The average Bonchev–Trinajstić information content (AvgIpc) is 2.65. The van der Waals surface area contributed by atoms with Gasteiger partial charge in [-0.3, -0.25) is 14.9 Å². The molecule has 1 saturated carbocycles. The second-order valence-electron chi connectivity index (χ2n) is 6.87. The molecule has 26 heavy (non-hydrogen) atoms. The maximum atomic E-state index is 13.1. The largest absolute Gasteiger partial charge is 0.294 e. The van der Waals surface area contributed by atoms with Crippen LogP contribution in [0.1, 0.15) is 43.2 Å². The Morgan fingerprint density at radius 3 is 2.42 bits per heavy atom. The van der Waals surface area contributed by atoms with E-state index in [0.717, 1.165) is 49.7 Å². The van der Waals surface area contributed by atoms with Crippen LogP contribution in [0.4, 0.5) is 5.69 Å². The number of hydrogen-bond acceptors (Lipinski definition) is 3. The lowest BCUT2D eigenvalue weighted by molar-refractivity contribution is -0.384. The Morgan fingerprint density at radius 1 is 1.00 bits per heavy atom. The van der Waals surface area contributed by atoms with E-state index in [4.69, 9.17) is 0 Å². The van der Waals surface area contributed by atoms with Crippen molar-refractivity contribution in [3.05, 3.63) is 81.4 Å². The van der Waals surface area contributed by atoms with Crippen molar-refractivity contribution in [3.8, 4) is 0 Å². The van der Waals surface area contributed by atoms with Gasteiger partial charge < -0.3 is 0 Å². The Morgan fingerprint density at radius 2 is 1.73 bits per heavy atom. The van der Waals surface area contributed by atoms with Crippen LogP contribution < -0.4 is 0 Å². The number of allylic oxidation sites excluding steroid dienone is 1. The molecule has 2 aromatic rings. The quantitative estimate of drug-likeness (QED) is 0.423. The van der Waals surface area contributed by atoms with E-state index in [1.54, 1.807) is 12.1 Å². The number of non-ortho nitro benzene ring substituents is 1. The molecule has 0 heterocycles. The summed E-state index contributed by atoms with van der Waals surface area (Å²) in [5.74, 6) is 0.244. The van der Waals surface area contributed by atoms with E-state index in [2.05, 4.69) is 12.1 Å². The fourth-order valence-electron chi connectivity index (χ4n) is 3.53. The van der Waals surface area contributed by atoms with E-state index < -0.39 is 4.92 Å². The molecule has 134 valence electrons. The van der Waals surface area contributed by atoms with Gasteiger partial charge in [0.1, 0.15) is 0 Å². The molecule has 1 aliphatic rings. The van der Waals surface area contributed by atoms with E-state index in [1.165, 1.54) is 17.7 Å². The topological polar surface area (TPSA) is 60.2 Å². The number of rotatable bonds is 4. The van der Waals surface area contributed by atoms with Gasteiger partial charge in [-0.15, -0.1) is 0 Å². The number of benzene rings is 2. The summed E-state index contributed by atoms with van der Waals surface area (Å²) >= 11 is 0. The average molecular weight is 349 g/mol. The molecule has 0 spiro atoms. The highest BCUT2D eigenvalue weighted by Gasteiger charge is 2.24. The fourth-order valence-corrected chi connectivity index (χ4v) is 3.53. The van der Waals surface area contributed by atoms with Gasteiger partial charge in [0.15, 0.2) is 5.78 Å². The van der Waals surface area contributed by atoms with Gasteiger partial charge >= 0.3 is 0 Å². The highest BCUT2D eigenvalue weighted by Crippen LogP contribution is 2.28. The van der Waals surface area contributed by atoms with Gasteiger partial charge in [-0.05, 0) is 60.6 Å². The Balaban J connectivity index is 1.81. The first-order chi connectivity index (χ1) is 12.6. The molecule has 1 fully saturated rings. The van der Waals surface area contributed by atoms with Crippen molar-refractivity contribution < 1.29 is 9.72 Å². The van der Waals surface area contributed by atoms with Crippen LogP contribution in [0.25, 0.3) is 6.08 Å². The first-order valence-corrected chi connectivity index (χ1v) is 9.16. The molecule has 0 aliphatic heterocycles. The van der Waals surface area contributed by atoms with Gasteiger partial charge in [-0.1, -0.05) is 43.2 Å². The minimum absolute atomic E-state index is 0.0157. The number of nitro groups is 1. The number of carbonyl (C=O) groups is 1. The third kappa shape index (κ3) is 4.66. The van der Waals surface area contributed by atoms with Crippen LogP contribution in [0.5, 0.6) is 0 Å². The predicted molar refractivity (Wildman–Crippen MR) is 103 cm³/mol. The van der Waals surface area contributed by atoms with Crippen molar-refractivity contribution in [2.45, 2.75) is 38.5 Å². The standard InChI is InChI=1S/C22H23NO3/c24-22-19(15-17-7-3-1-4-8-17)9-5-2-6-10-20(22)16-18-11-13-21(14-12-18)23(25)26/h1,3-4,7-8,11-14,16,19H,2,5-6,9-10,15H2. The van der Waals surface area contributed by atoms with Gasteiger partial charge in [0, 0.05) is 18.1 Å². The molecule has 2 aromatic carbocycles. The Labute approximate surface area is 153 Å². The lowest BCUT2D eigenvalue weighted by Crippen LogP contribution is -2.21. The number of ketones is 1. The zero-order valence-electron chi connectivity index (χ0n) is 14.8. The maximum Gasteiger partial charge on any atom is 0.269 e. The maximum absolute atomic E-state index is 13.1. The van der Waals surface area contributed by atoms with Gasteiger partial charge in [0.25, 0.3) is 5.69 Å². The van der Waals surface area contributed by atoms with E-state index >= 15 is 0 Å². The van der Waals surface area contributed by atoms with Gasteiger partial charge in [0.05, 0.1) is 4.92 Å². The summed E-state index contributed by atoms with van der Waals surface area (Å²) in [4.78, 5) is 23.5. The van der Waals surface area contributed by atoms with Crippen LogP contribution in [0, 0.1) is 16.0 Å². The Bertz CT molecular complexity index is 794. The van der Waals surface area contributed by atoms with Crippen LogP contribution in [-0.4, -0.2) is 10.7 Å². The first-order valence-electron chi connectivity index (χ1n) is 9.16. The smallest absolute Gasteiger partial charge is 0.269 e. The van der Waals surface area contributed by atoms with Crippen molar-refractivity contribution in [2.75, 3.05) is 0 Å². The fraction of sp³-hybridized carbons (Fsp3) is 0.318. The molecule has 4 nitrogen and oxygen atoms in total. The summed E-state index contributed by atoms with van der Waals surface area (Å²) in [7, 11) is 0. The number of nitro benzene ring substituents is 1. The van der Waals surface area contributed by atoms with Gasteiger partial charge in [0.2, 0.25) is 0 Å².